The Labute approximate surface area is 180 Å². The third-order valence-electron chi connectivity index (χ3n) is 5.35. The number of carbonyl (C=O) groups is 1. The summed E-state index contributed by atoms with van der Waals surface area (Å²) in [5, 5.41) is 3.14. The van der Waals surface area contributed by atoms with Gasteiger partial charge < -0.3 is 10.2 Å². The number of fused-ring (bicyclic) bond motifs is 1. The molecule has 3 aromatic rings. The maximum atomic E-state index is 12.3. The van der Waals surface area contributed by atoms with Gasteiger partial charge in [0.25, 0.3) is 0 Å². The Morgan fingerprint density at radius 3 is 2.86 bits per heavy atom. The number of rotatable bonds is 8. The molecule has 4 nitrogen and oxygen atoms in total. The fraction of sp³-hybridized carbons (Fsp3) is 0.391. The Balaban J connectivity index is 1.17. The molecule has 1 saturated heterocycles. The van der Waals surface area contributed by atoms with Gasteiger partial charge in [0.2, 0.25) is 5.91 Å². The number of nitrogens with one attached hydrogen (secondary N) is 1. The first-order valence-corrected chi connectivity index (χ1v) is 12.1. The third kappa shape index (κ3) is 6.04. The largest absolute Gasteiger partial charge is 0.355 e. The van der Waals surface area contributed by atoms with Gasteiger partial charge in [0.15, 0.2) is 4.34 Å². The highest BCUT2D eigenvalue weighted by Gasteiger charge is 2.20. The van der Waals surface area contributed by atoms with Gasteiger partial charge in [-0.2, -0.15) is 0 Å². The lowest BCUT2D eigenvalue weighted by Gasteiger charge is -2.32. The molecule has 1 fully saturated rings. The molecule has 6 heteroatoms. The van der Waals surface area contributed by atoms with E-state index in [0.29, 0.717) is 11.7 Å². The molecule has 0 aliphatic carbocycles. The summed E-state index contributed by atoms with van der Waals surface area (Å²) in [6, 6.07) is 18.8. The molecule has 0 spiro atoms. The summed E-state index contributed by atoms with van der Waals surface area (Å²) in [7, 11) is 0. The molecular formula is C23H27N3OS2. The molecule has 2 heterocycles. The van der Waals surface area contributed by atoms with E-state index in [-0.39, 0.29) is 5.91 Å². The first kappa shape index (κ1) is 20.4. The summed E-state index contributed by atoms with van der Waals surface area (Å²) in [6.45, 7) is 4.13. The summed E-state index contributed by atoms with van der Waals surface area (Å²) >= 11 is 3.19. The number of amides is 1. The Bertz CT molecular complexity index is 895. The number of piperidine rings is 1. The van der Waals surface area contributed by atoms with Crippen LogP contribution in [0.1, 0.15) is 18.4 Å². The lowest BCUT2D eigenvalue weighted by atomic mass is 9.97. The fourth-order valence-electron chi connectivity index (χ4n) is 3.80. The van der Waals surface area contributed by atoms with E-state index in [1.165, 1.54) is 41.4 Å². The van der Waals surface area contributed by atoms with Crippen molar-refractivity contribution in [1.82, 2.24) is 15.2 Å². The molecule has 1 aliphatic heterocycles. The van der Waals surface area contributed by atoms with Crippen molar-refractivity contribution in [3.8, 4) is 0 Å². The van der Waals surface area contributed by atoms with Gasteiger partial charge in [0.1, 0.15) is 0 Å². The van der Waals surface area contributed by atoms with E-state index < -0.39 is 0 Å². The number of aromatic nitrogens is 1. The molecule has 0 saturated carbocycles. The fourth-order valence-corrected chi connectivity index (χ4v) is 5.70. The highest BCUT2D eigenvalue weighted by molar-refractivity contribution is 8.01. The molecule has 0 bridgehead atoms. The Morgan fingerprint density at radius 1 is 1.17 bits per heavy atom. The van der Waals surface area contributed by atoms with E-state index in [4.69, 9.17) is 0 Å². The second-order valence-electron chi connectivity index (χ2n) is 7.58. The average Bonchev–Trinajstić information content (AvgIpc) is 3.19. The van der Waals surface area contributed by atoms with Crippen LogP contribution >= 0.6 is 23.1 Å². The van der Waals surface area contributed by atoms with Crippen molar-refractivity contribution >= 4 is 39.2 Å². The number of thiazole rings is 1. The number of carbonyl (C=O) groups excluding carboxylic acids is 1. The van der Waals surface area contributed by atoms with Gasteiger partial charge in [0.05, 0.1) is 16.0 Å². The number of hydrogen-bond donors (Lipinski definition) is 1. The molecule has 29 heavy (non-hydrogen) atoms. The number of hydrogen-bond acceptors (Lipinski definition) is 5. The summed E-state index contributed by atoms with van der Waals surface area (Å²) in [5.74, 6) is 1.09. The first-order chi connectivity index (χ1) is 14.3. The predicted molar refractivity (Wildman–Crippen MR) is 123 cm³/mol. The van der Waals surface area contributed by atoms with E-state index in [2.05, 4.69) is 51.6 Å². The van der Waals surface area contributed by atoms with Gasteiger partial charge >= 0.3 is 0 Å². The van der Waals surface area contributed by atoms with Crippen molar-refractivity contribution in [2.24, 2.45) is 5.92 Å². The molecule has 1 aliphatic rings. The minimum Gasteiger partial charge on any atom is -0.355 e. The van der Waals surface area contributed by atoms with Crippen LogP contribution in [0.2, 0.25) is 0 Å². The van der Waals surface area contributed by atoms with Crippen LogP contribution in [0.25, 0.3) is 10.2 Å². The lowest BCUT2D eigenvalue weighted by molar-refractivity contribution is -0.118. The quantitative estimate of drug-likeness (QED) is 0.541. The Hall–Kier alpha value is -1.89. The van der Waals surface area contributed by atoms with Crippen molar-refractivity contribution in [3.05, 3.63) is 60.2 Å². The van der Waals surface area contributed by atoms with Gasteiger partial charge in [-0.15, -0.1) is 11.3 Å². The average molecular weight is 426 g/mol. The minimum absolute atomic E-state index is 0.107. The summed E-state index contributed by atoms with van der Waals surface area (Å²) in [5.41, 5.74) is 2.41. The summed E-state index contributed by atoms with van der Waals surface area (Å²) in [6.07, 6.45) is 3.52. The third-order valence-corrected chi connectivity index (χ3v) is 7.53. The molecule has 0 radical (unpaired) electrons. The highest BCUT2D eigenvalue weighted by atomic mass is 32.2. The SMILES string of the molecule is O=C(CSc1nc2ccccc2s1)NCC1CCCN(CCc2ccccc2)C1. The Morgan fingerprint density at radius 2 is 2.00 bits per heavy atom. The molecule has 152 valence electrons. The minimum atomic E-state index is 0.107. The normalized spacial score (nSPS) is 17.4. The van der Waals surface area contributed by atoms with Crippen molar-refractivity contribution < 1.29 is 4.79 Å². The van der Waals surface area contributed by atoms with Crippen LogP contribution in [0, 0.1) is 5.92 Å². The maximum absolute atomic E-state index is 12.3. The van der Waals surface area contributed by atoms with Crippen LogP contribution in [0.4, 0.5) is 0 Å². The van der Waals surface area contributed by atoms with E-state index in [0.717, 1.165) is 35.9 Å². The van der Waals surface area contributed by atoms with Crippen LogP contribution in [0.3, 0.4) is 0 Å². The van der Waals surface area contributed by atoms with Gasteiger partial charge in [-0.25, -0.2) is 4.98 Å². The predicted octanol–water partition coefficient (Wildman–Crippen LogP) is 4.46. The molecule has 1 amide bonds. The topological polar surface area (TPSA) is 45.2 Å². The Kier molecular flexibility index (Phi) is 7.19. The van der Waals surface area contributed by atoms with Gasteiger partial charge in [-0.05, 0) is 49.4 Å². The van der Waals surface area contributed by atoms with Crippen LogP contribution in [0.15, 0.2) is 58.9 Å². The monoisotopic (exact) mass is 425 g/mol. The zero-order chi connectivity index (χ0) is 19.9. The van der Waals surface area contributed by atoms with Gasteiger partial charge in [0, 0.05) is 19.6 Å². The zero-order valence-corrected chi connectivity index (χ0v) is 18.2. The smallest absolute Gasteiger partial charge is 0.230 e. The molecule has 4 rings (SSSR count). The number of nitrogens with zero attached hydrogens (tertiary/aromatic N) is 2. The molecular weight excluding hydrogens is 398 g/mol. The van der Waals surface area contributed by atoms with E-state index >= 15 is 0 Å². The standard InChI is InChI=1S/C23H27N3OS2/c27-22(17-28-23-25-20-10-4-5-11-21(20)29-23)24-15-19-9-6-13-26(16-19)14-12-18-7-2-1-3-8-18/h1-5,7-8,10-11,19H,6,9,12-17H2,(H,24,27). The number of para-hydroxylation sites is 1. The number of benzene rings is 2. The highest BCUT2D eigenvalue weighted by Crippen LogP contribution is 2.29. The van der Waals surface area contributed by atoms with Crippen molar-refractivity contribution in [2.75, 3.05) is 31.9 Å². The number of likely N-dealkylation sites (tertiary alicyclic amines) is 1. The molecule has 1 N–H and O–H groups in total. The summed E-state index contributed by atoms with van der Waals surface area (Å²) in [4.78, 5) is 19.4. The molecule has 1 atom stereocenters. The second kappa shape index (κ2) is 10.2. The molecule has 2 aromatic carbocycles. The number of thioether (sulfide) groups is 1. The van der Waals surface area contributed by atoms with Gasteiger partial charge in [-0.3, -0.25) is 4.79 Å². The van der Waals surface area contributed by atoms with Crippen LogP contribution < -0.4 is 5.32 Å². The van der Waals surface area contributed by atoms with E-state index in [9.17, 15) is 4.79 Å². The van der Waals surface area contributed by atoms with Crippen molar-refractivity contribution in [2.45, 2.75) is 23.6 Å². The maximum Gasteiger partial charge on any atom is 0.230 e. The van der Waals surface area contributed by atoms with Crippen molar-refractivity contribution in [3.63, 3.8) is 0 Å². The van der Waals surface area contributed by atoms with Crippen LogP contribution in [0.5, 0.6) is 0 Å². The van der Waals surface area contributed by atoms with Crippen LogP contribution in [-0.2, 0) is 11.2 Å². The van der Waals surface area contributed by atoms with Crippen LogP contribution in [-0.4, -0.2) is 47.7 Å². The molecule has 1 unspecified atom stereocenters. The lowest BCUT2D eigenvalue weighted by Crippen LogP contribution is -2.42. The van der Waals surface area contributed by atoms with Crippen molar-refractivity contribution in [1.29, 1.82) is 0 Å². The zero-order valence-electron chi connectivity index (χ0n) is 16.5. The van der Waals surface area contributed by atoms with E-state index in [1.54, 1.807) is 11.3 Å². The van der Waals surface area contributed by atoms with Gasteiger partial charge in [-0.1, -0.05) is 54.2 Å². The summed E-state index contributed by atoms with van der Waals surface area (Å²) < 4.78 is 2.14. The first-order valence-electron chi connectivity index (χ1n) is 10.3. The molecule has 1 aromatic heterocycles. The van der Waals surface area contributed by atoms with E-state index in [1.807, 2.05) is 18.2 Å². The second-order valence-corrected chi connectivity index (χ2v) is 9.84.